The van der Waals surface area contributed by atoms with Crippen LogP contribution < -0.4 is 14.8 Å². The van der Waals surface area contributed by atoms with E-state index in [-0.39, 0.29) is 55.6 Å². The summed E-state index contributed by atoms with van der Waals surface area (Å²) in [5.41, 5.74) is 0.178. The van der Waals surface area contributed by atoms with Crippen molar-refractivity contribution in [3.05, 3.63) is 59.2 Å². The minimum Gasteiger partial charge on any atom is -0.490 e. The standard InChI is InChI=1S/C33H41F3N4O8S/c1-22-20-26(45-25-10-15-39(16-11-25)48-30(42)47-31(2,3)4)9-8-23(22)12-19-49(43,44)40-17-13-32(14-18-40)29(41)37-28(38-32)24-6-5-7-27(21-24)46-33(34,35)36/h5-9,20-21,25H,10-19H2,1-4H3,(H,37,38,41). The topological polar surface area (TPSA) is 136 Å². The lowest BCUT2D eigenvalue weighted by atomic mass is 9.89. The predicted octanol–water partition coefficient (Wildman–Crippen LogP) is 4.89. The maximum Gasteiger partial charge on any atom is 0.573 e. The number of hydroxylamine groups is 2. The highest BCUT2D eigenvalue weighted by Gasteiger charge is 2.47. The molecule has 0 aromatic heterocycles. The van der Waals surface area contributed by atoms with Gasteiger partial charge in [0, 0.05) is 44.6 Å². The average Bonchev–Trinajstić information content (AvgIpc) is 3.31. The number of nitrogens with zero attached hydrogens (tertiary/aromatic N) is 3. The van der Waals surface area contributed by atoms with Crippen molar-refractivity contribution in [2.75, 3.05) is 31.9 Å². The summed E-state index contributed by atoms with van der Waals surface area (Å²) in [7, 11) is -3.66. The van der Waals surface area contributed by atoms with Gasteiger partial charge in [0.05, 0.1) is 5.75 Å². The van der Waals surface area contributed by atoms with Crippen molar-refractivity contribution in [1.82, 2.24) is 14.7 Å². The van der Waals surface area contributed by atoms with Gasteiger partial charge in [0.1, 0.15) is 34.6 Å². The number of rotatable bonds is 9. The van der Waals surface area contributed by atoms with Crippen molar-refractivity contribution in [2.45, 2.75) is 83.4 Å². The van der Waals surface area contributed by atoms with E-state index < -0.39 is 45.3 Å². The van der Waals surface area contributed by atoms with Crippen LogP contribution in [0.1, 0.15) is 63.1 Å². The summed E-state index contributed by atoms with van der Waals surface area (Å²) in [5.74, 6) is -0.185. The summed E-state index contributed by atoms with van der Waals surface area (Å²) < 4.78 is 81.3. The van der Waals surface area contributed by atoms with E-state index >= 15 is 0 Å². The Morgan fingerprint density at radius 1 is 1.02 bits per heavy atom. The fourth-order valence-electron chi connectivity index (χ4n) is 5.96. The molecule has 2 fully saturated rings. The van der Waals surface area contributed by atoms with Gasteiger partial charge in [0.15, 0.2) is 0 Å². The van der Waals surface area contributed by atoms with Crippen LogP contribution >= 0.6 is 0 Å². The van der Waals surface area contributed by atoms with Crippen molar-refractivity contribution in [1.29, 1.82) is 0 Å². The fourth-order valence-corrected chi connectivity index (χ4v) is 7.44. The van der Waals surface area contributed by atoms with Crippen LogP contribution in [0.4, 0.5) is 18.0 Å². The van der Waals surface area contributed by atoms with Crippen LogP contribution in [0.25, 0.3) is 0 Å². The van der Waals surface area contributed by atoms with E-state index in [0.29, 0.717) is 31.7 Å². The Balaban J connectivity index is 1.10. The number of nitrogens with one attached hydrogen (secondary N) is 1. The smallest absolute Gasteiger partial charge is 0.490 e. The number of piperidine rings is 2. The van der Waals surface area contributed by atoms with E-state index in [1.165, 1.54) is 16.4 Å². The Bertz CT molecular complexity index is 1680. The third-order valence-corrected chi connectivity index (χ3v) is 10.4. The number of aliphatic imine (C=N–C) groups is 1. The molecule has 1 spiro atoms. The molecule has 49 heavy (non-hydrogen) atoms. The quantitative estimate of drug-likeness (QED) is 0.361. The molecule has 268 valence electrons. The minimum absolute atomic E-state index is 0.0672. The summed E-state index contributed by atoms with van der Waals surface area (Å²) >= 11 is 0. The van der Waals surface area contributed by atoms with E-state index in [1.807, 2.05) is 25.1 Å². The average molecular weight is 711 g/mol. The Hall–Kier alpha value is -3.89. The molecule has 5 rings (SSSR count). The lowest BCUT2D eigenvalue weighted by molar-refractivity contribution is -0.274. The molecule has 2 aromatic carbocycles. The molecule has 0 saturated carbocycles. The van der Waals surface area contributed by atoms with Gasteiger partial charge in [-0.05, 0) is 82.3 Å². The second-order valence-corrected chi connectivity index (χ2v) is 15.5. The first kappa shape index (κ1) is 36.4. The molecule has 2 saturated heterocycles. The maximum absolute atomic E-state index is 13.3. The third kappa shape index (κ3) is 9.63. The normalized spacial score (nSPS) is 19.3. The van der Waals surface area contributed by atoms with E-state index in [1.54, 1.807) is 25.8 Å². The molecular formula is C33H41F3N4O8S. The van der Waals surface area contributed by atoms with Crippen LogP contribution in [-0.2, 0) is 30.8 Å². The molecule has 0 atom stereocenters. The molecule has 3 aliphatic heterocycles. The molecule has 2 aromatic rings. The monoisotopic (exact) mass is 710 g/mol. The summed E-state index contributed by atoms with van der Waals surface area (Å²) in [6.07, 6.45) is -3.81. The van der Waals surface area contributed by atoms with E-state index in [0.717, 1.165) is 23.3 Å². The first-order valence-corrected chi connectivity index (χ1v) is 17.7. The van der Waals surface area contributed by atoms with E-state index in [2.05, 4.69) is 15.0 Å². The molecule has 3 heterocycles. The molecule has 0 unspecified atom stereocenters. The highest BCUT2D eigenvalue weighted by Crippen LogP contribution is 2.33. The highest BCUT2D eigenvalue weighted by molar-refractivity contribution is 7.89. The van der Waals surface area contributed by atoms with Gasteiger partial charge in [0.2, 0.25) is 10.0 Å². The second-order valence-electron chi connectivity index (χ2n) is 13.4. The van der Waals surface area contributed by atoms with Gasteiger partial charge in [0.25, 0.3) is 5.91 Å². The van der Waals surface area contributed by atoms with Crippen molar-refractivity contribution >= 4 is 27.9 Å². The van der Waals surface area contributed by atoms with Gasteiger partial charge < -0.3 is 24.4 Å². The largest absolute Gasteiger partial charge is 0.573 e. The number of alkyl halides is 3. The molecule has 12 nitrogen and oxygen atoms in total. The van der Waals surface area contributed by atoms with Crippen molar-refractivity contribution in [3.63, 3.8) is 0 Å². The lowest BCUT2D eigenvalue weighted by Gasteiger charge is -2.34. The van der Waals surface area contributed by atoms with E-state index in [9.17, 15) is 31.2 Å². The minimum atomic E-state index is -4.86. The number of ether oxygens (including phenoxy) is 3. The molecule has 1 amide bonds. The van der Waals surface area contributed by atoms with Crippen LogP contribution in [0.5, 0.6) is 11.5 Å². The van der Waals surface area contributed by atoms with Crippen LogP contribution in [0, 0.1) is 6.92 Å². The third-order valence-electron chi connectivity index (χ3n) is 8.50. The zero-order chi connectivity index (χ0) is 35.6. The summed E-state index contributed by atoms with van der Waals surface area (Å²) in [5, 5.41) is 4.21. The number of amidine groups is 1. The zero-order valence-electron chi connectivity index (χ0n) is 27.8. The molecule has 0 radical (unpaired) electrons. The number of hydrogen-bond acceptors (Lipinski definition) is 10. The summed E-state index contributed by atoms with van der Waals surface area (Å²) in [6.45, 7) is 8.37. The first-order valence-electron chi connectivity index (χ1n) is 16.1. The number of carbonyl (C=O) groups excluding carboxylic acids is 2. The number of hydrogen-bond donors (Lipinski definition) is 1. The number of benzene rings is 2. The Morgan fingerprint density at radius 3 is 2.35 bits per heavy atom. The van der Waals surface area contributed by atoms with Crippen molar-refractivity contribution in [3.8, 4) is 11.5 Å². The number of amides is 1. The van der Waals surface area contributed by atoms with Crippen LogP contribution in [0.15, 0.2) is 47.5 Å². The number of carbonyl (C=O) groups is 2. The molecule has 16 heteroatoms. The van der Waals surface area contributed by atoms with Gasteiger partial charge in [-0.15, -0.1) is 18.2 Å². The molecule has 3 aliphatic rings. The Kier molecular flexibility index (Phi) is 10.5. The Labute approximate surface area is 283 Å². The van der Waals surface area contributed by atoms with Gasteiger partial charge in [-0.1, -0.05) is 18.2 Å². The van der Waals surface area contributed by atoms with Crippen LogP contribution in [0.3, 0.4) is 0 Å². The Morgan fingerprint density at radius 2 is 1.71 bits per heavy atom. The fraction of sp³-hybridized carbons (Fsp3) is 0.545. The zero-order valence-corrected chi connectivity index (χ0v) is 28.7. The highest BCUT2D eigenvalue weighted by atomic mass is 32.2. The van der Waals surface area contributed by atoms with Gasteiger partial charge in [-0.25, -0.2) is 17.5 Å². The number of aryl methyl sites for hydroxylation is 2. The lowest BCUT2D eigenvalue weighted by Crippen LogP contribution is -2.50. The molecule has 0 aliphatic carbocycles. The summed E-state index contributed by atoms with van der Waals surface area (Å²) in [6, 6.07) is 10.7. The van der Waals surface area contributed by atoms with Crippen molar-refractivity contribution in [2.24, 2.45) is 4.99 Å². The van der Waals surface area contributed by atoms with Crippen LogP contribution in [0.2, 0.25) is 0 Å². The molecule has 1 N–H and O–H groups in total. The van der Waals surface area contributed by atoms with Crippen LogP contribution in [-0.4, -0.2) is 91.2 Å². The number of sulfonamides is 1. The second kappa shape index (κ2) is 14.2. The molecule has 0 bridgehead atoms. The predicted molar refractivity (Wildman–Crippen MR) is 173 cm³/mol. The van der Waals surface area contributed by atoms with Gasteiger partial charge in [-0.2, -0.15) is 0 Å². The summed E-state index contributed by atoms with van der Waals surface area (Å²) in [4.78, 5) is 34.7. The first-order chi connectivity index (χ1) is 22.9. The SMILES string of the molecule is Cc1cc(OC2CCN(OC(=O)OC(C)(C)C)CC2)ccc1CCS(=O)(=O)N1CCC2(CC1)N=C(c1cccc(OC(F)(F)F)c1)NC2=O. The maximum atomic E-state index is 13.3. The van der Waals surface area contributed by atoms with Gasteiger partial charge >= 0.3 is 12.5 Å². The van der Waals surface area contributed by atoms with Gasteiger partial charge in [-0.3, -0.25) is 9.79 Å². The van der Waals surface area contributed by atoms with E-state index in [4.69, 9.17) is 14.3 Å². The number of halogens is 3. The van der Waals surface area contributed by atoms with Crippen molar-refractivity contribution < 1.29 is 50.2 Å². The molecular weight excluding hydrogens is 669 g/mol.